The summed E-state index contributed by atoms with van der Waals surface area (Å²) < 4.78 is 6.45. The Morgan fingerprint density at radius 3 is 2.59 bits per heavy atom. The molecular formula is C23H17BrN2O2S. The van der Waals surface area contributed by atoms with Gasteiger partial charge in [0.25, 0.3) is 0 Å². The van der Waals surface area contributed by atoms with E-state index < -0.39 is 5.97 Å². The lowest BCUT2D eigenvalue weighted by atomic mass is 9.93. The number of thioether (sulfide) groups is 1. The zero-order valence-electron chi connectivity index (χ0n) is 15.7. The van der Waals surface area contributed by atoms with Crippen LogP contribution in [0.25, 0.3) is 11.1 Å². The molecule has 144 valence electrons. The van der Waals surface area contributed by atoms with E-state index in [1.54, 1.807) is 36.0 Å². The number of fused-ring (bicyclic) bond motifs is 1. The van der Waals surface area contributed by atoms with Crippen LogP contribution in [0.3, 0.4) is 0 Å². The molecule has 1 aliphatic rings. The highest BCUT2D eigenvalue weighted by molar-refractivity contribution is 9.10. The van der Waals surface area contributed by atoms with Crippen LogP contribution in [-0.4, -0.2) is 17.2 Å². The zero-order valence-corrected chi connectivity index (χ0v) is 18.1. The molecule has 4 rings (SSSR count). The number of benzene rings is 2. The van der Waals surface area contributed by atoms with Gasteiger partial charge in [-0.2, -0.15) is 17.0 Å². The molecule has 0 spiro atoms. The van der Waals surface area contributed by atoms with E-state index >= 15 is 0 Å². The summed E-state index contributed by atoms with van der Waals surface area (Å²) in [6.45, 7) is 0. The van der Waals surface area contributed by atoms with Gasteiger partial charge in [0.05, 0.1) is 5.56 Å². The van der Waals surface area contributed by atoms with Crippen molar-refractivity contribution in [3.63, 3.8) is 0 Å². The minimum Gasteiger partial charge on any atom is -0.422 e. The minimum absolute atomic E-state index is 0.0785. The normalized spacial score (nSPS) is 14.9. The Morgan fingerprint density at radius 1 is 1.21 bits per heavy atom. The van der Waals surface area contributed by atoms with E-state index in [1.807, 2.05) is 30.3 Å². The first-order valence-corrected chi connectivity index (χ1v) is 11.2. The number of hydrogen-bond acceptors (Lipinski definition) is 5. The van der Waals surface area contributed by atoms with Crippen molar-refractivity contribution < 1.29 is 9.53 Å². The fraction of sp³-hybridized carbons (Fsp3) is 0.174. The van der Waals surface area contributed by atoms with E-state index in [2.05, 4.69) is 33.2 Å². The van der Waals surface area contributed by atoms with Crippen molar-refractivity contribution in [2.24, 2.45) is 0 Å². The molecule has 0 amide bonds. The largest absolute Gasteiger partial charge is 0.422 e. The Balaban J connectivity index is 1.90. The van der Waals surface area contributed by atoms with E-state index in [9.17, 15) is 10.1 Å². The van der Waals surface area contributed by atoms with Gasteiger partial charge in [0, 0.05) is 21.0 Å². The first-order valence-electron chi connectivity index (χ1n) is 9.15. The number of aromatic nitrogens is 1. The van der Waals surface area contributed by atoms with Crippen molar-refractivity contribution in [1.82, 2.24) is 4.98 Å². The Kier molecular flexibility index (Phi) is 5.70. The number of hydrogen-bond donors (Lipinski definition) is 0. The third-order valence-corrected chi connectivity index (χ3v) is 6.52. The quantitative estimate of drug-likeness (QED) is 0.352. The van der Waals surface area contributed by atoms with Gasteiger partial charge in [0.15, 0.2) is 5.69 Å². The highest BCUT2D eigenvalue weighted by atomic mass is 79.9. The Morgan fingerprint density at radius 2 is 1.93 bits per heavy atom. The number of pyridine rings is 1. The molecule has 3 aromatic rings. The summed E-state index contributed by atoms with van der Waals surface area (Å²) in [6, 6.07) is 18.9. The van der Waals surface area contributed by atoms with Crippen LogP contribution in [0.1, 0.15) is 39.0 Å². The predicted octanol–water partition coefficient (Wildman–Crippen LogP) is 5.95. The Hall–Kier alpha value is -2.62. The molecule has 0 N–H and O–H groups in total. The van der Waals surface area contributed by atoms with Crippen LogP contribution in [0.4, 0.5) is 0 Å². The van der Waals surface area contributed by atoms with E-state index in [4.69, 9.17) is 4.74 Å². The van der Waals surface area contributed by atoms with E-state index in [0.717, 1.165) is 39.7 Å². The number of aryl methyl sites for hydroxylation is 1. The van der Waals surface area contributed by atoms with Gasteiger partial charge < -0.3 is 4.74 Å². The van der Waals surface area contributed by atoms with Crippen molar-refractivity contribution in [2.75, 3.05) is 6.26 Å². The molecule has 0 fully saturated rings. The van der Waals surface area contributed by atoms with Crippen LogP contribution < -0.4 is 4.74 Å². The molecule has 0 bridgehead atoms. The Labute approximate surface area is 182 Å². The van der Waals surface area contributed by atoms with Crippen LogP contribution in [0.15, 0.2) is 59.1 Å². The molecule has 1 heterocycles. The van der Waals surface area contributed by atoms with E-state index in [0.29, 0.717) is 5.75 Å². The van der Waals surface area contributed by atoms with Crippen molar-refractivity contribution in [1.29, 1.82) is 5.26 Å². The molecule has 0 aliphatic heterocycles. The maximum absolute atomic E-state index is 12.9. The summed E-state index contributed by atoms with van der Waals surface area (Å²) in [5.41, 5.74) is 3.98. The summed E-state index contributed by atoms with van der Waals surface area (Å²) >= 11 is 5.21. The van der Waals surface area contributed by atoms with Gasteiger partial charge in [-0.05, 0) is 54.5 Å². The molecule has 1 aromatic heterocycles. The SMILES string of the molecule is CSC1CCc2nc(C(=O)Oc3ccccc3)c(C#N)c(-c3ccc(Br)cc3)c21. The van der Waals surface area contributed by atoms with Gasteiger partial charge in [0.1, 0.15) is 11.8 Å². The molecule has 0 radical (unpaired) electrons. The molecule has 6 heteroatoms. The highest BCUT2D eigenvalue weighted by Crippen LogP contribution is 2.46. The van der Waals surface area contributed by atoms with Gasteiger partial charge in [0.2, 0.25) is 0 Å². The van der Waals surface area contributed by atoms with Gasteiger partial charge in [-0.25, -0.2) is 9.78 Å². The molecule has 0 saturated carbocycles. The lowest BCUT2D eigenvalue weighted by Crippen LogP contribution is -2.16. The molecule has 4 nitrogen and oxygen atoms in total. The third kappa shape index (κ3) is 3.81. The third-order valence-electron chi connectivity index (χ3n) is 4.96. The minimum atomic E-state index is -0.610. The standard InChI is InChI=1S/C23H17BrN2O2S/c1-29-19-12-11-18-21(19)20(14-7-9-15(24)10-8-14)17(13-25)22(26-18)23(27)28-16-5-3-2-4-6-16/h2-10,19H,11-12H2,1H3. The number of ether oxygens (including phenoxy) is 1. The number of nitrogens with zero attached hydrogens (tertiary/aromatic N) is 2. The average molecular weight is 465 g/mol. The lowest BCUT2D eigenvalue weighted by molar-refractivity contribution is 0.0728. The van der Waals surface area contributed by atoms with E-state index in [1.165, 1.54) is 0 Å². The molecule has 1 atom stereocenters. The molecule has 0 saturated heterocycles. The maximum Gasteiger partial charge on any atom is 0.363 e. The summed E-state index contributed by atoms with van der Waals surface area (Å²) in [6.07, 6.45) is 3.78. The molecular weight excluding hydrogens is 448 g/mol. The zero-order chi connectivity index (χ0) is 20.4. The fourth-order valence-corrected chi connectivity index (χ4v) is 4.76. The smallest absolute Gasteiger partial charge is 0.363 e. The summed E-state index contributed by atoms with van der Waals surface area (Å²) in [5, 5.41) is 10.3. The second kappa shape index (κ2) is 8.40. The van der Waals surface area contributed by atoms with Crippen LogP contribution in [-0.2, 0) is 6.42 Å². The topological polar surface area (TPSA) is 63.0 Å². The number of rotatable bonds is 4. The molecule has 1 unspecified atom stereocenters. The summed E-state index contributed by atoms with van der Waals surface area (Å²) in [7, 11) is 0. The number of carbonyl (C=O) groups excluding carboxylic acids is 1. The summed E-state index contributed by atoms with van der Waals surface area (Å²) in [4.78, 5) is 17.5. The number of para-hydroxylation sites is 1. The second-order valence-corrected chi connectivity index (χ2v) is 8.61. The first-order chi connectivity index (χ1) is 14.1. The van der Waals surface area contributed by atoms with Crippen LogP contribution in [0.5, 0.6) is 5.75 Å². The number of nitriles is 1. The van der Waals surface area contributed by atoms with Crippen molar-refractivity contribution in [2.45, 2.75) is 18.1 Å². The number of halogens is 1. The van der Waals surface area contributed by atoms with Crippen molar-refractivity contribution >= 4 is 33.7 Å². The molecule has 1 aliphatic carbocycles. The fourth-order valence-electron chi connectivity index (χ4n) is 3.65. The summed E-state index contributed by atoms with van der Waals surface area (Å²) in [5.74, 6) is -0.183. The van der Waals surface area contributed by atoms with Crippen LogP contribution >= 0.6 is 27.7 Å². The monoisotopic (exact) mass is 464 g/mol. The van der Waals surface area contributed by atoms with Crippen molar-refractivity contribution in [3.05, 3.63) is 81.6 Å². The number of carbonyl (C=O) groups is 1. The van der Waals surface area contributed by atoms with Gasteiger partial charge in [-0.1, -0.05) is 46.3 Å². The second-order valence-electron chi connectivity index (χ2n) is 6.66. The van der Waals surface area contributed by atoms with Crippen LogP contribution in [0, 0.1) is 11.3 Å². The lowest BCUT2D eigenvalue weighted by Gasteiger charge is -2.17. The number of esters is 1. The first kappa shape index (κ1) is 19.7. The van der Waals surface area contributed by atoms with Crippen LogP contribution in [0.2, 0.25) is 0 Å². The highest BCUT2D eigenvalue weighted by Gasteiger charge is 2.32. The predicted molar refractivity (Wildman–Crippen MR) is 118 cm³/mol. The Bertz CT molecular complexity index is 1110. The molecule has 2 aromatic carbocycles. The average Bonchev–Trinajstić information content (AvgIpc) is 3.16. The molecule has 29 heavy (non-hydrogen) atoms. The van der Waals surface area contributed by atoms with E-state index in [-0.39, 0.29) is 16.5 Å². The van der Waals surface area contributed by atoms with Gasteiger partial charge in [-0.15, -0.1) is 0 Å². The van der Waals surface area contributed by atoms with Gasteiger partial charge in [-0.3, -0.25) is 0 Å². The maximum atomic E-state index is 12.9. The van der Waals surface area contributed by atoms with Crippen molar-refractivity contribution in [3.8, 4) is 22.9 Å². The van der Waals surface area contributed by atoms with Gasteiger partial charge >= 0.3 is 5.97 Å².